The normalized spacial score (nSPS) is 11.2. The van der Waals surface area contributed by atoms with Crippen molar-refractivity contribution in [1.29, 1.82) is 0 Å². The topological polar surface area (TPSA) is 84.2 Å². The summed E-state index contributed by atoms with van der Waals surface area (Å²) in [6, 6.07) is 4.54. The van der Waals surface area contributed by atoms with Crippen molar-refractivity contribution < 1.29 is 14.1 Å². The van der Waals surface area contributed by atoms with E-state index < -0.39 is 11.9 Å². The van der Waals surface area contributed by atoms with Gasteiger partial charge < -0.3 is 4.52 Å². The van der Waals surface area contributed by atoms with Crippen molar-refractivity contribution in [3.63, 3.8) is 0 Å². The minimum atomic E-state index is -0.640. The van der Waals surface area contributed by atoms with Crippen molar-refractivity contribution in [1.82, 2.24) is 10.5 Å². The molecule has 0 saturated carbocycles. The van der Waals surface area contributed by atoms with Crippen molar-refractivity contribution in [2.75, 3.05) is 5.32 Å². The molecular formula is C14H17N3O3S. The molecule has 6 nitrogen and oxygen atoms in total. The lowest BCUT2D eigenvalue weighted by atomic mass is 9.95. The summed E-state index contributed by atoms with van der Waals surface area (Å²) in [6.07, 6.45) is 0. The van der Waals surface area contributed by atoms with Crippen molar-refractivity contribution in [3.05, 3.63) is 33.7 Å². The van der Waals surface area contributed by atoms with E-state index in [1.807, 2.05) is 6.07 Å². The largest absolute Gasteiger partial charge is 0.360 e. The van der Waals surface area contributed by atoms with Gasteiger partial charge in [-0.15, -0.1) is 11.3 Å². The van der Waals surface area contributed by atoms with E-state index in [-0.39, 0.29) is 11.2 Å². The van der Waals surface area contributed by atoms with E-state index in [0.717, 1.165) is 4.88 Å². The number of hydrogen-bond donors (Lipinski definition) is 2. The van der Waals surface area contributed by atoms with Crippen LogP contribution in [0.1, 0.15) is 41.1 Å². The van der Waals surface area contributed by atoms with Crippen molar-refractivity contribution in [3.8, 4) is 0 Å². The number of hydrogen-bond acceptors (Lipinski definition) is 5. The lowest BCUT2D eigenvalue weighted by Crippen LogP contribution is -2.33. The highest BCUT2D eigenvalue weighted by Gasteiger charge is 2.19. The molecule has 3 amide bonds. The van der Waals surface area contributed by atoms with Crippen LogP contribution < -0.4 is 10.6 Å². The van der Waals surface area contributed by atoms with Crippen LogP contribution >= 0.6 is 11.3 Å². The second-order valence-electron chi connectivity index (χ2n) is 5.64. The monoisotopic (exact) mass is 307 g/mol. The molecule has 0 aromatic carbocycles. The minimum absolute atomic E-state index is 0.0241. The molecule has 7 heteroatoms. The molecule has 2 N–H and O–H groups in total. The number of thiophene rings is 1. The van der Waals surface area contributed by atoms with Crippen LogP contribution in [-0.2, 0) is 5.41 Å². The molecule has 2 heterocycles. The molecule has 2 rings (SSSR count). The lowest BCUT2D eigenvalue weighted by Gasteiger charge is -2.15. The molecular weight excluding hydrogens is 290 g/mol. The van der Waals surface area contributed by atoms with Crippen LogP contribution in [0, 0.1) is 6.92 Å². The third-order valence-corrected chi connectivity index (χ3v) is 4.18. The minimum Gasteiger partial charge on any atom is -0.360 e. The van der Waals surface area contributed by atoms with Crippen molar-refractivity contribution in [2.24, 2.45) is 0 Å². The van der Waals surface area contributed by atoms with Gasteiger partial charge in [-0.2, -0.15) is 0 Å². The lowest BCUT2D eigenvalue weighted by molar-refractivity contribution is 0.0971. The number of aromatic nitrogens is 1. The zero-order chi connectivity index (χ0) is 15.6. The number of anilines is 1. The molecule has 0 bridgehead atoms. The van der Waals surface area contributed by atoms with Crippen LogP contribution in [0.4, 0.5) is 10.6 Å². The molecule has 0 aliphatic heterocycles. The Bertz CT molecular complexity index is 667. The van der Waals surface area contributed by atoms with E-state index in [0.29, 0.717) is 10.6 Å². The summed E-state index contributed by atoms with van der Waals surface area (Å²) in [7, 11) is 0. The summed E-state index contributed by atoms with van der Waals surface area (Å²) in [5.41, 5.74) is -0.0241. The molecule has 112 valence electrons. The van der Waals surface area contributed by atoms with Gasteiger partial charge in [0.25, 0.3) is 5.91 Å². The first kappa shape index (κ1) is 15.2. The maximum absolute atomic E-state index is 12.0. The predicted molar refractivity (Wildman–Crippen MR) is 80.7 cm³/mol. The van der Waals surface area contributed by atoms with Crippen LogP contribution in [0.3, 0.4) is 0 Å². The SMILES string of the molecule is Cc1cc(NC(=O)NC(=O)c2ccc(C(C)(C)C)s2)no1. The average molecular weight is 307 g/mol. The molecule has 0 spiro atoms. The Balaban J connectivity index is 1.98. The fourth-order valence-corrected chi connectivity index (χ4v) is 2.56. The number of carbonyl (C=O) groups is 2. The first-order valence-corrected chi connectivity index (χ1v) is 7.23. The molecule has 0 radical (unpaired) electrons. The van der Waals surface area contributed by atoms with Crippen LogP contribution in [-0.4, -0.2) is 17.1 Å². The van der Waals surface area contributed by atoms with E-state index in [1.165, 1.54) is 11.3 Å². The van der Waals surface area contributed by atoms with Gasteiger partial charge in [-0.3, -0.25) is 15.4 Å². The Morgan fingerprint density at radius 3 is 2.52 bits per heavy atom. The van der Waals surface area contributed by atoms with Gasteiger partial charge in [-0.1, -0.05) is 25.9 Å². The molecule has 0 atom stereocenters. The highest BCUT2D eigenvalue weighted by atomic mass is 32.1. The van der Waals surface area contributed by atoms with Crippen LogP contribution in [0.2, 0.25) is 0 Å². The number of nitrogens with one attached hydrogen (secondary N) is 2. The Hall–Kier alpha value is -2.15. The second kappa shape index (κ2) is 5.69. The van der Waals surface area contributed by atoms with Crippen LogP contribution in [0.15, 0.2) is 22.7 Å². The van der Waals surface area contributed by atoms with Gasteiger partial charge in [0.2, 0.25) is 0 Å². The van der Waals surface area contributed by atoms with Gasteiger partial charge in [0.05, 0.1) is 4.88 Å². The highest BCUT2D eigenvalue weighted by molar-refractivity contribution is 7.14. The van der Waals surface area contributed by atoms with Crippen molar-refractivity contribution in [2.45, 2.75) is 33.1 Å². The number of imide groups is 1. The highest BCUT2D eigenvalue weighted by Crippen LogP contribution is 2.29. The van der Waals surface area contributed by atoms with Crippen molar-refractivity contribution >= 4 is 29.1 Å². The van der Waals surface area contributed by atoms with E-state index in [9.17, 15) is 9.59 Å². The van der Waals surface area contributed by atoms with E-state index in [1.54, 1.807) is 19.1 Å². The maximum Gasteiger partial charge on any atom is 0.327 e. The summed E-state index contributed by atoms with van der Waals surface area (Å²) in [5.74, 6) is 0.400. The summed E-state index contributed by atoms with van der Waals surface area (Å²) < 4.78 is 4.82. The summed E-state index contributed by atoms with van der Waals surface area (Å²) in [4.78, 5) is 25.3. The number of urea groups is 1. The number of amides is 3. The predicted octanol–water partition coefficient (Wildman–Crippen LogP) is 3.30. The molecule has 2 aromatic rings. The zero-order valence-corrected chi connectivity index (χ0v) is 13.1. The molecule has 0 saturated heterocycles. The first-order valence-electron chi connectivity index (χ1n) is 6.41. The Kier molecular flexibility index (Phi) is 4.13. The summed E-state index contributed by atoms with van der Waals surface area (Å²) in [6.45, 7) is 7.92. The molecule has 2 aromatic heterocycles. The quantitative estimate of drug-likeness (QED) is 0.891. The standard InChI is InChI=1S/C14H17N3O3S/c1-8-7-11(17-20-8)15-13(19)16-12(18)9-5-6-10(21-9)14(2,3)4/h5-7H,1-4H3,(H2,15,16,17,18,19). The second-order valence-corrected chi connectivity index (χ2v) is 6.73. The van der Waals surface area contributed by atoms with Gasteiger partial charge in [0.15, 0.2) is 5.82 Å². The smallest absolute Gasteiger partial charge is 0.327 e. The number of aryl methyl sites for hydroxylation is 1. The zero-order valence-electron chi connectivity index (χ0n) is 12.3. The van der Waals surface area contributed by atoms with Gasteiger partial charge in [-0.25, -0.2) is 4.79 Å². The Morgan fingerprint density at radius 1 is 1.29 bits per heavy atom. The molecule has 0 aliphatic carbocycles. The Labute approximate surface area is 126 Å². The molecule has 0 fully saturated rings. The fourth-order valence-electron chi connectivity index (χ4n) is 1.60. The van der Waals surface area contributed by atoms with Crippen LogP contribution in [0.25, 0.3) is 0 Å². The van der Waals surface area contributed by atoms with Gasteiger partial charge in [0.1, 0.15) is 5.76 Å². The van der Waals surface area contributed by atoms with Crippen LogP contribution in [0.5, 0.6) is 0 Å². The average Bonchev–Trinajstić information content (AvgIpc) is 2.97. The van der Waals surface area contributed by atoms with E-state index in [2.05, 4.69) is 36.6 Å². The summed E-state index contributed by atoms with van der Waals surface area (Å²) in [5, 5.41) is 8.30. The summed E-state index contributed by atoms with van der Waals surface area (Å²) >= 11 is 1.37. The molecule has 0 unspecified atom stereocenters. The fraction of sp³-hybridized carbons (Fsp3) is 0.357. The maximum atomic E-state index is 12.0. The van der Waals surface area contributed by atoms with E-state index >= 15 is 0 Å². The number of carbonyl (C=O) groups excluding carboxylic acids is 2. The Morgan fingerprint density at radius 2 is 2.00 bits per heavy atom. The number of rotatable bonds is 2. The van der Waals surface area contributed by atoms with Gasteiger partial charge in [0, 0.05) is 10.9 Å². The molecule has 0 aliphatic rings. The van der Waals surface area contributed by atoms with Gasteiger partial charge in [-0.05, 0) is 24.5 Å². The van der Waals surface area contributed by atoms with Gasteiger partial charge >= 0.3 is 6.03 Å². The third kappa shape index (κ3) is 3.91. The third-order valence-electron chi connectivity index (χ3n) is 2.67. The number of nitrogens with zero attached hydrogens (tertiary/aromatic N) is 1. The first-order chi connectivity index (χ1) is 9.75. The molecule has 21 heavy (non-hydrogen) atoms. The van der Waals surface area contributed by atoms with E-state index in [4.69, 9.17) is 4.52 Å².